The van der Waals surface area contributed by atoms with Crippen LogP contribution in [0.15, 0.2) is 98.2 Å². The number of hydrogen-bond acceptors (Lipinski definition) is 11. The van der Waals surface area contributed by atoms with Crippen LogP contribution >= 0.6 is 0 Å². The van der Waals surface area contributed by atoms with E-state index >= 15 is 0 Å². The molecule has 0 saturated heterocycles. The monoisotopic (exact) mass is 740 g/mol. The molecular weight excluding hydrogens is 706 g/mol. The number of methoxy groups -OCH3 is 1. The van der Waals surface area contributed by atoms with E-state index in [1.165, 1.54) is 50.0 Å². The molecule has 4 aromatic rings. The van der Waals surface area contributed by atoms with Crippen LogP contribution in [0.25, 0.3) is 11.5 Å². The van der Waals surface area contributed by atoms with Gasteiger partial charge >= 0.3 is 17.9 Å². The standard InChI is InChI=1S/C20H25N6O3.2C6H5NO2.Tc/c1-14(15-6-5-10-22-12-15)23-11-4-3-7-17(20(28)29-2)25-19(27)16-8-9-18(26-21)24-13-16;2*8-6(9)5-3-1-2-4-7-5;/h5-6,8-10,12-13,17,21,23H,1,3-4,7,11H2,2H3,(H2,24,25,26,27);2*1-4H,(H,8,9);/q-1;;;. The number of carboxylic acids is 2. The molecule has 0 saturated carbocycles. The van der Waals surface area contributed by atoms with Gasteiger partial charge in [-0.1, -0.05) is 18.7 Å². The largest absolute Gasteiger partial charge is 0.585 e. The summed E-state index contributed by atoms with van der Waals surface area (Å²) in [4.78, 5) is 59.8. The number of carbonyl (C=O) groups excluding carboxylic acids is 2. The first-order chi connectivity index (χ1) is 22.7. The molecule has 4 heterocycles. The summed E-state index contributed by atoms with van der Waals surface area (Å²) in [6.07, 6.45) is 9.61. The van der Waals surface area contributed by atoms with E-state index in [9.17, 15) is 19.2 Å². The van der Waals surface area contributed by atoms with Gasteiger partial charge in [0.15, 0.2) is 0 Å². The van der Waals surface area contributed by atoms with Gasteiger partial charge in [-0.2, -0.15) is 0 Å². The summed E-state index contributed by atoms with van der Waals surface area (Å²) in [7, 11) is 1.29. The van der Waals surface area contributed by atoms with Crippen LogP contribution in [0.1, 0.15) is 56.2 Å². The first-order valence-corrected chi connectivity index (χ1v) is 14.1. The van der Waals surface area contributed by atoms with Crippen molar-refractivity contribution < 1.29 is 54.2 Å². The van der Waals surface area contributed by atoms with Crippen LogP contribution in [0.5, 0.6) is 0 Å². The first kappa shape index (κ1) is 40.5. The van der Waals surface area contributed by atoms with E-state index in [4.69, 9.17) is 20.8 Å². The fourth-order valence-electron chi connectivity index (χ4n) is 3.57. The van der Waals surface area contributed by atoms with Gasteiger partial charge in [0.05, 0.1) is 12.7 Å². The van der Waals surface area contributed by atoms with Crippen molar-refractivity contribution in [2.24, 2.45) is 0 Å². The number of hydrogen-bond donors (Lipinski definition) is 5. The number of anilines is 1. The minimum Gasteiger partial charge on any atom is -0.585 e. The van der Waals surface area contributed by atoms with Crippen molar-refractivity contribution in [2.45, 2.75) is 25.3 Å². The molecule has 0 fully saturated rings. The summed E-state index contributed by atoms with van der Waals surface area (Å²) in [5, 5.41) is 22.6. The minimum absolute atomic E-state index is 0. The molecule has 0 spiro atoms. The summed E-state index contributed by atoms with van der Waals surface area (Å²) in [5.74, 6) is 4.44. The van der Waals surface area contributed by atoms with Crippen LogP contribution in [0.2, 0.25) is 0 Å². The smallest absolute Gasteiger partial charge is 0.354 e. The third-order valence-electron chi connectivity index (χ3n) is 5.98. The van der Waals surface area contributed by atoms with Crippen molar-refractivity contribution in [3.63, 3.8) is 0 Å². The van der Waals surface area contributed by atoms with Crippen LogP contribution in [0.3, 0.4) is 0 Å². The molecule has 4 aromatic heterocycles. The molecule has 0 bridgehead atoms. The minimum atomic E-state index is -0.990. The molecule has 6 N–H and O–H groups in total. The Morgan fingerprint density at radius 2 is 1.48 bits per heavy atom. The van der Waals surface area contributed by atoms with Gasteiger partial charge in [-0.05, 0) is 67.8 Å². The van der Waals surface area contributed by atoms with E-state index in [1.54, 1.807) is 36.7 Å². The number of unbranched alkanes of at least 4 members (excludes halogenated alkanes) is 1. The molecule has 0 aliphatic heterocycles. The van der Waals surface area contributed by atoms with Crippen molar-refractivity contribution >= 4 is 35.3 Å². The van der Waals surface area contributed by atoms with E-state index < -0.39 is 29.9 Å². The average Bonchev–Trinajstić information content (AvgIpc) is 3.12. The molecule has 1 amide bonds. The van der Waals surface area contributed by atoms with Crippen LogP contribution in [0, 0.1) is 0 Å². The van der Waals surface area contributed by atoms with Crippen molar-refractivity contribution in [1.29, 1.82) is 0 Å². The number of amides is 1. The van der Waals surface area contributed by atoms with Crippen molar-refractivity contribution in [1.82, 2.24) is 30.6 Å². The third-order valence-corrected chi connectivity index (χ3v) is 5.98. The fraction of sp³-hybridized carbons (Fsp3) is 0.188. The third kappa shape index (κ3) is 15.1. The molecule has 48 heavy (non-hydrogen) atoms. The Morgan fingerprint density at radius 3 is 1.92 bits per heavy atom. The summed E-state index contributed by atoms with van der Waals surface area (Å²) >= 11 is 0. The van der Waals surface area contributed by atoms with E-state index in [0.717, 1.165) is 17.7 Å². The molecule has 0 aliphatic rings. The second-order valence-corrected chi connectivity index (χ2v) is 9.29. The number of carboxylic acid groups (broad SMARTS) is 2. The Morgan fingerprint density at radius 1 is 0.833 bits per heavy atom. The van der Waals surface area contributed by atoms with Gasteiger partial charge in [-0.15, -0.1) is 0 Å². The molecule has 1 unspecified atom stereocenters. The molecule has 4 rings (SSSR count). The number of carbonyl (C=O) groups is 4. The molecule has 16 heteroatoms. The molecule has 1 radical (unpaired) electrons. The molecule has 0 aromatic carbocycles. The fourth-order valence-corrected chi connectivity index (χ4v) is 3.57. The Kier molecular flexibility index (Phi) is 19.3. The molecule has 253 valence electrons. The molecule has 0 aliphatic carbocycles. The van der Waals surface area contributed by atoms with E-state index in [2.05, 4.69) is 42.6 Å². The quantitative estimate of drug-likeness (QED) is 0.0739. The Hall–Kier alpha value is -5.57. The van der Waals surface area contributed by atoms with Gasteiger partial charge in [-0.25, -0.2) is 29.3 Å². The van der Waals surface area contributed by atoms with Crippen LogP contribution in [-0.4, -0.2) is 73.7 Å². The van der Waals surface area contributed by atoms with Crippen LogP contribution < -0.4 is 16.1 Å². The summed E-state index contributed by atoms with van der Waals surface area (Å²) in [6.45, 7) is 4.66. The SMILES string of the molecule is C=C(NCCCCC(NC(=O)c1ccc(N[NH-])nc1)C(=O)OC)c1cccnc1.O=C(O)c1ccccn1.O=C(O)c1ccccn1.[Tc]. The predicted molar refractivity (Wildman–Crippen MR) is 173 cm³/mol. The maximum absolute atomic E-state index is 12.4. The summed E-state index contributed by atoms with van der Waals surface area (Å²) in [5.41, 5.74) is 4.31. The predicted octanol–water partition coefficient (Wildman–Crippen LogP) is 4.12. The van der Waals surface area contributed by atoms with Crippen molar-refractivity contribution in [3.05, 3.63) is 127 Å². The maximum Gasteiger partial charge on any atom is 0.354 e. The van der Waals surface area contributed by atoms with Crippen LogP contribution in [0.4, 0.5) is 5.82 Å². The zero-order valence-corrected chi connectivity index (χ0v) is 27.7. The molecular formula is C32H35N8O7Tc-. The Labute approximate surface area is 290 Å². The van der Waals surface area contributed by atoms with Crippen LogP contribution in [-0.2, 0) is 29.6 Å². The second kappa shape index (κ2) is 22.9. The normalized spacial score (nSPS) is 10.1. The van der Waals surface area contributed by atoms with Gasteiger partial charge in [0, 0.05) is 68.9 Å². The topological polar surface area (TPSA) is 229 Å². The van der Waals surface area contributed by atoms with Gasteiger partial charge in [-0.3, -0.25) is 9.78 Å². The Bertz CT molecular complexity index is 1520. The average molecular weight is 742 g/mol. The molecule has 1 atom stereocenters. The number of ether oxygens (including phenoxy) is 1. The number of pyridine rings is 4. The van der Waals surface area contributed by atoms with Crippen molar-refractivity contribution in [2.75, 3.05) is 19.1 Å². The number of rotatable bonds is 13. The Balaban J connectivity index is 0.000000490. The summed E-state index contributed by atoms with van der Waals surface area (Å²) < 4.78 is 4.80. The molecule has 15 nitrogen and oxygen atoms in total. The zero-order chi connectivity index (χ0) is 34.4. The van der Waals surface area contributed by atoms with Gasteiger partial charge in [0.25, 0.3) is 5.91 Å². The van der Waals surface area contributed by atoms with Gasteiger partial charge in [0.2, 0.25) is 0 Å². The number of nitrogens with one attached hydrogen (secondary N) is 4. The van der Waals surface area contributed by atoms with E-state index in [0.29, 0.717) is 30.8 Å². The summed E-state index contributed by atoms with van der Waals surface area (Å²) in [6, 6.07) is 15.6. The number of aromatic nitrogens is 4. The second-order valence-electron chi connectivity index (χ2n) is 9.29. The van der Waals surface area contributed by atoms with E-state index in [1.807, 2.05) is 12.1 Å². The number of nitrogens with zero attached hydrogens (tertiary/aromatic N) is 4. The van der Waals surface area contributed by atoms with Crippen molar-refractivity contribution in [3.8, 4) is 0 Å². The zero-order valence-electron chi connectivity index (χ0n) is 25.9. The van der Waals surface area contributed by atoms with E-state index in [-0.39, 0.29) is 31.5 Å². The number of aromatic carboxylic acids is 2. The maximum atomic E-state index is 12.4. The van der Waals surface area contributed by atoms with Gasteiger partial charge < -0.3 is 36.9 Å². The first-order valence-electron chi connectivity index (χ1n) is 14.1. The van der Waals surface area contributed by atoms with Gasteiger partial charge in [0.1, 0.15) is 23.2 Å². The number of esters is 1.